The van der Waals surface area contributed by atoms with Crippen LogP contribution in [0, 0.1) is 0 Å². The Morgan fingerprint density at radius 3 is 2.83 bits per heavy atom. The summed E-state index contributed by atoms with van der Waals surface area (Å²) in [5, 5.41) is 14.5. The van der Waals surface area contributed by atoms with E-state index < -0.39 is 0 Å². The van der Waals surface area contributed by atoms with Crippen LogP contribution in [0.2, 0.25) is 5.02 Å². The molecule has 1 aromatic carbocycles. The highest BCUT2D eigenvalue weighted by molar-refractivity contribution is 7.98. The van der Waals surface area contributed by atoms with Crippen molar-refractivity contribution in [1.82, 2.24) is 24.9 Å². The fourth-order valence-corrected chi connectivity index (χ4v) is 4.70. The Labute approximate surface area is 179 Å². The topological polar surface area (TPSA) is 78.9 Å². The molecule has 2 heterocycles. The molecule has 0 saturated heterocycles. The first kappa shape index (κ1) is 20.4. The van der Waals surface area contributed by atoms with E-state index in [9.17, 15) is 0 Å². The van der Waals surface area contributed by atoms with Crippen LogP contribution in [0.4, 0.5) is 0 Å². The zero-order valence-electron chi connectivity index (χ0n) is 16.5. The summed E-state index contributed by atoms with van der Waals surface area (Å²) >= 11 is 8.00. The molecule has 1 unspecified atom stereocenters. The van der Waals surface area contributed by atoms with E-state index in [2.05, 4.69) is 24.9 Å². The third kappa shape index (κ3) is 4.49. The molecule has 0 aliphatic heterocycles. The summed E-state index contributed by atoms with van der Waals surface area (Å²) < 4.78 is 13.1. The zero-order valence-corrected chi connectivity index (χ0v) is 18.1. The second kappa shape index (κ2) is 9.28. The van der Waals surface area contributed by atoms with Crippen molar-refractivity contribution >= 4 is 23.4 Å². The van der Waals surface area contributed by atoms with Gasteiger partial charge in [0.25, 0.3) is 0 Å². The molecular weight excluding hydrogens is 410 g/mol. The van der Waals surface area contributed by atoms with E-state index in [-0.39, 0.29) is 6.10 Å². The van der Waals surface area contributed by atoms with E-state index in [0.29, 0.717) is 35.1 Å². The Bertz CT molecular complexity index is 954. The summed E-state index contributed by atoms with van der Waals surface area (Å²) in [5.41, 5.74) is 0.908. The third-order valence-electron chi connectivity index (χ3n) is 5.06. The molecule has 3 aromatic rings. The monoisotopic (exact) mass is 433 g/mol. The van der Waals surface area contributed by atoms with Crippen LogP contribution in [0.5, 0.6) is 0 Å². The maximum Gasteiger partial charge on any atom is 0.237 e. The average Bonchev–Trinajstić information content (AvgIpc) is 3.47. The van der Waals surface area contributed by atoms with Crippen molar-refractivity contribution in [2.75, 3.05) is 6.61 Å². The van der Waals surface area contributed by atoms with Crippen molar-refractivity contribution in [3.8, 4) is 11.4 Å². The summed E-state index contributed by atoms with van der Waals surface area (Å²) in [5.74, 6) is 2.47. The normalized spacial score (nSPS) is 15.8. The predicted molar refractivity (Wildman–Crippen MR) is 112 cm³/mol. The van der Waals surface area contributed by atoms with Gasteiger partial charge in [-0.25, -0.2) is 0 Å². The van der Waals surface area contributed by atoms with Gasteiger partial charge in [0.1, 0.15) is 6.10 Å². The minimum absolute atomic E-state index is 0.184. The molecule has 0 radical (unpaired) electrons. The van der Waals surface area contributed by atoms with Crippen molar-refractivity contribution in [2.24, 2.45) is 0 Å². The highest BCUT2D eigenvalue weighted by atomic mass is 35.5. The maximum atomic E-state index is 6.44. The minimum Gasteiger partial charge on any atom is -0.371 e. The van der Waals surface area contributed by atoms with Gasteiger partial charge >= 0.3 is 0 Å². The van der Waals surface area contributed by atoms with E-state index in [1.807, 2.05) is 38.1 Å². The standard InChI is InChI=1S/C20H24ClN5O2S/c1-3-27-13(2)18-22-17(28-25-18)12-29-20-24-23-19(15-10-6-7-11-16(15)21)26(20)14-8-4-5-9-14/h6-7,10-11,13-14H,3-5,8-9,12H2,1-2H3. The van der Waals surface area contributed by atoms with Gasteiger partial charge in [-0.05, 0) is 38.8 Å². The molecule has 29 heavy (non-hydrogen) atoms. The lowest BCUT2D eigenvalue weighted by atomic mass is 10.2. The van der Waals surface area contributed by atoms with E-state index in [4.69, 9.17) is 20.9 Å². The molecular formula is C20H24ClN5O2S. The van der Waals surface area contributed by atoms with Gasteiger partial charge in [0.2, 0.25) is 5.89 Å². The van der Waals surface area contributed by atoms with Crippen LogP contribution in [0.15, 0.2) is 33.9 Å². The molecule has 1 atom stereocenters. The number of nitrogens with zero attached hydrogens (tertiary/aromatic N) is 5. The van der Waals surface area contributed by atoms with Crippen LogP contribution in [-0.4, -0.2) is 31.5 Å². The first-order chi connectivity index (χ1) is 14.2. The SMILES string of the molecule is CCOC(C)c1noc(CSc2nnc(-c3ccccc3Cl)n2C2CCCC2)n1. The molecule has 1 saturated carbocycles. The van der Waals surface area contributed by atoms with Crippen molar-refractivity contribution < 1.29 is 9.26 Å². The Kier molecular flexibility index (Phi) is 6.52. The lowest BCUT2D eigenvalue weighted by Gasteiger charge is -2.17. The van der Waals surface area contributed by atoms with Gasteiger partial charge in [-0.3, -0.25) is 4.57 Å². The number of halogens is 1. The molecule has 0 spiro atoms. The van der Waals surface area contributed by atoms with Crippen LogP contribution in [-0.2, 0) is 10.5 Å². The van der Waals surface area contributed by atoms with Crippen LogP contribution >= 0.6 is 23.4 Å². The summed E-state index contributed by atoms with van der Waals surface area (Å²) in [6.07, 6.45) is 4.50. The van der Waals surface area contributed by atoms with Crippen LogP contribution in [0.25, 0.3) is 11.4 Å². The first-order valence-corrected chi connectivity index (χ1v) is 11.3. The van der Waals surface area contributed by atoms with Gasteiger partial charge in [-0.2, -0.15) is 4.98 Å². The number of ether oxygens (including phenoxy) is 1. The number of benzene rings is 1. The van der Waals surface area contributed by atoms with Crippen molar-refractivity contribution in [3.63, 3.8) is 0 Å². The largest absolute Gasteiger partial charge is 0.371 e. The quantitative estimate of drug-likeness (QED) is 0.434. The van der Waals surface area contributed by atoms with Gasteiger partial charge in [0.05, 0.1) is 10.8 Å². The lowest BCUT2D eigenvalue weighted by molar-refractivity contribution is 0.0683. The fraction of sp³-hybridized carbons (Fsp3) is 0.500. The minimum atomic E-state index is -0.184. The Hall–Kier alpha value is -1.90. The highest BCUT2D eigenvalue weighted by Crippen LogP contribution is 2.38. The molecule has 2 aromatic heterocycles. The maximum absolute atomic E-state index is 6.44. The molecule has 1 aliphatic rings. The molecule has 0 N–H and O–H groups in total. The summed E-state index contributed by atoms with van der Waals surface area (Å²) in [7, 11) is 0. The fourth-order valence-electron chi connectivity index (χ4n) is 3.64. The van der Waals surface area contributed by atoms with Crippen LogP contribution < -0.4 is 0 Å². The molecule has 4 rings (SSSR count). The molecule has 0 bridgehead atoms. The van der Waals surface area contributed by atoms with Gasteiger partial charge < -0.3 is 9.26 Å². The Balaban J connectivity index is 1.57. The smallest absolute Gasteiger partial charge is 0.237 e. The highest BCUT2D eigenvalue weighted by Gasteiger charge is 2.26. The molecule has 154 valence electrons. The summed E-state index contributed by atoms with van der Waals surface area (Å²) in [6.45, 7) is 4.47. The van der Waals surface area contributed by atoms with Crippen molar-refractivity contribution in [3.05, 3.63) is 41.0 Å². The second-order valence-electron chi connectivity index (χ2n) is 7.03. The van der Waals surface area contributed by atoms with Gasteiger partial charge in [0.15, 0.2) is 16.8 Å². The van der Waals surface area contributed by atoms with Gasteiger partial charge in [-0.1, -0.05) is 53.5 Å². The van der Waals surface area contributed by atoms with Gasteiger partial charge in [-0.15, -0.1) is 10.2 Å². The van der Waals surface area contributed by atoms with Crippen LogP contribution in [0.1, 0.15) is 63.4 Å². The van der Waals surface area contributed by atoms with Crippen molar-refractivity contribution in [1.29, 1.82) is 0 Å². The molecule has 0 amide bonds. The zero-order chi connectivity index (χ0) is 20.2. The van der Waals surface area contributed by atoms with E-state index in [0.717, 1.165) is 29.4 Å². The average molecular weight is 434 g/mol. The third-order valence-corrected chi connectivity index (χ3v) is 6.32. The van der Waals surface area contributed by atoms with Crippen LogP contribution in [0.3, 0.4) is 0 Å². The first-order valence-electron chi connectivity index (χ1n) is 9.94. The van der Waals surface area contributed by atoms with E-state index in [1.165, 1.54) is 12.8 Å². The molecule has 1 fully saturated rings. The number of hydrogen-bond acceptors (Lipinski definition) is 7. The second-order valence-corrected chi connectivity index (χ2v) is 8.38. The number of thioether (sulfide) groups is 1. The molecule has 9 heteroatoms. The summed E-state index contributed by atoms with van der Waals surface area (Å²) in [4.78, 5) is 4.45. The number of aromatic nitrogens is 5. The predicted octanol–water partition coefficient (Wildman–Crippen LogP) is 5.49. The lowest BCUT2D eigenvalue weighted by Crippen LogP contribution is -2.08. The molecule has 7 nitrogen and oxygen atoms in total. The molecule has 1 aliphatic carbocycles. The van der Waals surface area contributed by atoms with E-state index in [1.54, 1.807) is 11.8 Å². The Morgan fingerprint density at radius 1 is 1.28 bits per heavy atom. The Morgan fingerprint density at radius 2 is 2.07 bits per heavy atom. The summed E-state index contributed by atoms with van der Waals surface area (Å²) in [6, 6.07) is 8.16. The number of hydrogen-bond donors (Lipinski definition) is 0. The van der Waals surface area contributed by atoms with E-state index >= 15 is 0 Å². The number of rotatable bonds is 8. The van der Waals surface area contributed by atoms with Crippen molar-refractivity contribution in [2.45, 2.75) is 62.6 Å². The van der Waals surface area contributed by atoms with Gasteiger partial charge in [0, 0.05) is 18.2 Å².